The molecule has 0 fully saturated rings. The molecule has 1 atom stereocenters. The first kappa shape index (κ1) is 11.3. The van der Waals surface area contributed by atoms with Gasteiger partial charge in [0.05, 0.1) is 0 Å². The fourth-order valence-electron chi connectivity index (χ4n) is 0.514. The molecule has 0 saturated heterocycles. The van der Waals surface area contributed by atoms with Crippen LogP contribution in [-0.2, 0) is 15.1 Å². The smallest absolute Gasteiger partial charge is 0.272 e. The molecule has 0 saturated carbocycles. The lowest BCUT2D eigenvalue weighted by atomic mass is 10.2. The van der Waals surface area contributed by atoms with Crippen LogP contribution in [0.15, 0.2) is 0 Å². The summed E-state index contributed by atoms with van der Waals surface area (Å²) >= 11 is 0. The summed E-state index contributed by atoms with van der Waals surface area (Å²) < 4.78 is 29.8. The zero-order valence-corrected chi connectivity index (χ0v) is 7.13. The van der Waals surface area contributed by atoms with Gasteiger partial charge in [-0.15, -0.1) is 0 Å². The summed E-state index contributed by atoms with van der Waals surface area (Å²) in [4.78, 5) is 10.8. The number of nitrogens with two attached hydrogens (primary N) is 1. The number of carbonyl (C=O) groups is 1. The Hall–Kier alpha value is -0.700. The number of hydrogen-bond donors (Lipinski definition) is 4. The predicted molar refractivity (Wildman–Crippen MR) is 40.8 cm³/mol. The predicted octanol–water partition coefficient (Wildman–Crippen LogP) is -2.04. The molecule has 0 aliphatic heterocycles. The van der Waals surface area contributed by atoms with Crippen molar-refractivity contribution < 1.29 is 17.8 Å². The van der Waals surface area contributed by atoms with Gasteiger partial charge in [-0.2, -0.15) is 8.42 Å². The van der Waals surface area contributed by atoms with E-state index in [1.54, 1.807) is 0 Å². The van der Waals surface area contributed by atoms with Crippen LogP contribution in [0.4, 0.5) is 0 Å². The van der Waals surface area contributed by atoms with E-state index in [0.717, 1.165) is 0 Å². The van der Waals surface area contributed by atoms with Crippen molar-refractivity contribution in [3.8, 4) is 0 Å². The van der Waals surface area contributed by atoms with Crippen molar-refractivity contribution in [3.05, 3.63) is 6.42 Å². The average molecular weight is 196 g/mol. The molecule has 8 heteroatoms. The first-order chi connectivity index (χ1) is 5.40. The molecule has 0 aliphatic rings. The van der Waals surface area contributed by atoms with Gasteiger partial charge in [0.15, 0.2) is 0 Å². The highest BCUT2D eigenvalue weighted by molar-refractivity contribution is 7.84. The molecule has 0 bridgehead atoms. The second-order valence-corrected chi connectivity index (χ2v) is 3.07. The van der Waals surface area contributed by atoms with E-state index in [1.807, 2.05) is 5.43 Å². The molecule has 7 nitrogen and oxygen atoms in total. The van der Waals surface area contributed by atoms with Crippen molar-refractivity contribution >= 4 is 16.2 Å². The maximum absolute atomic E-state index is 10.8. The Morgan fingerprint density at radius 1 is 1.67 bits per heavy atom. The van der Waals surface area contributed by atoms with Crippen LogP contribution in [0.5, 0.6) is 0 Å². The van der Waals surface area contributed by atoms with Gasteiger partial charge >= 0.3 is 10.3 Å². The van der Waals surface area contributed by atoms with Crippen LogP contribution in [0.25, 0.3) is 0 Å². The van der Waals surface area contributed by atoms with E-state index in [0.29, 0.717) is 0 Å². The van der Waals surface area contributed by atoms with Crippen molar-refractivity contribution in [2.75, 3.05) is 0 Å². The van der Waals surface area contributed by atoms with Crippen molar-refractivity contribution in [1.29, 1.82) is 0 Å². The quantitative estimate of drug-likeness (QED) is 0.233. The highest BCUT2D eigenvalue weighted by atomic mass is 32.2. The van der Waals surface area contributed by atoms with Gasteiger partial charge in [-0.05, 0) is 6.42 Å². The lowest BCUT2D eigenvalue weighted by molar-refractivity contribution is -0.120. The average Bonchev–Trinajstić information content (AvgIpc) is 1.85. The summed E-state index contributed by atoms with van der Waals surface area (Å²) in [6.07, 6.45) is 1.33. The number of hydrazine groups is 1. The third kappa shape index (κ3) is 4.23. The topological polar surface area (TPSA) is 122 Å². The number of amides is 1. The minimum atomic E-state index is -4.50. The molecule has 0 rings (SSSR count). The lowest BCUT2D eigenvalue weighted by Gasteiger charge is -2.10. The third-order valence-electron chi connectivity index (χ3n) is 1.02. The lowest BCUT2D eigenvalue weighted by Crippen LogP contribution is -2.48. The van der Waals surface area contributed by atoms with E-state index in [-0.39, 0.29) is 0 Å². The zero-order valence-electron chi connectivity index (χ0n) is 6.31. The van der Waals surface area contributed by atoms with E-state index < -0.39 is 22.3 Å². The number of nitrogens with one attached hydrogen (secondary N) is 2. The number of hydrogen-bond acceptors (Lipinski definition) is 5. The molecule has 12 heavy (non-hydrogen) atoms. The summed E-state index contributed by atoms with van der Waals surface area (Å²) in [6.45, 7) is 1.51. The van der Waals surface area contributed by atoms with Gasteiger partial charge in [0.2, 0.25) is 0 Å². The fourth-order valence-corrected chi connectivity index (χ4v) is 0.895. The molecular formula is C4H10N3O4S. The largest absolute Gasteiger partial charge is 0.359 e. The number of carbonyl (C=O) groups excluding carboxylic acids is 1. The Balaban J connectivity index is 4.21. The van der Waals surface area contributed by atoms with Crippen LogP contribution in [0, 0.1) is 6.42 Å². The molecule has 0 aromatic rings. The van der Waals surface area contributed by atoms with Crippen LogP contribution >= 0.6 is 0 Å². The second-order valence-electron chi connectivity index (χ2n) is 1.92. The summed E-state index contributed by atoms with van der Waals surface area (Å²) in [5.41, 5.74) is 2.03. The SMILES string of the molecule is C[CH]C(NN)C(=O)NS(=O)(=O)O. The molecule has 0 aliphatic carbocycles. The molecule has 1 unspecified atom stereocenters. The Morgan fingerprint density at radius 2 is 2.17 bits per heavy atom. The Bertz CT molecular complexity index is 245. The summed E-state index contributed by atoms with van der Waals surface area (Å²) in [5.74, 6) is 3.94. The van der Waals surface area contributed by atoms with Crippen molar-refractivity contribution in [3.63, 3.8) is 0 Å². The van der Waals surface area contributed by atoms with Crippen molar-refractivity contribution in [1.82, 2.24) is 10.1 Å². The third-order valence-corrected chi connectivity index (χ3v) is 1.48. The Labute approximate surface area is 70.2 Å². The maximum Gasteiger partial charge on any atom is 0.359 e. The molecule has 71 valence electrons. The molecule has 0 heterocycles. The van der Waals surface area contributed by atoms with Crippen LogP contribution in [-0.4, -0.2) is 24.9 Å². The van der Waals surface area contributed by atoms with Crippen molar-refractivity contribution in [2.45, 2.75) is 13.0 Å². The zero-order chi connectivity index (χ0) is 9.78. The molecule has 5 N–H and O–H groups in total. The molecule has 1 amide bonds. The van der Waals surface area contributed by atoms with Gasteiger partial charge in [0.25, 0.3) is 5.91 Å². The van der Waals surface area contributed by atoms with Crippen LogP contribution < -0.4 is 16.0 Å². The minimum Gasteiger partial charge on any atom is -0.272 e. The van der Waals surface area contributed by atoms with E-state index in [4.69, 9.17) is 10.4 Å². The molecule has 0 spiro atoms. The van der Waals surface area contributed by atoms with Crippen LogP contribution in [0.2, 0.25) is 0 Å². The van der Waals surface area contributed by atoms with Crippen LogP contribution in [0.3, 0.4) is 0 Å². The highest BCUT2D eigenvalue weighted by Gasteiger charge is 2.18. The molecule has 1 radical (unpaired) electrons. The van der Waals surface area contributed by atoms with Gasteiger partial charge in [-0.3, -0.25) is 15.2 Å². The maximum atomic E-state index is 10.8. The van der Waals surface area contributed by atoms with Gasteiger partial charge < -0.3 is 0 Å². The second kappa shape index (κ2) is 4.36. The summed E-state index contributed by atoms with van der Waals surface area (Å²) in [5, 5.41) is 0. The van der Waals surface area contributed by atoms with Gasteiger partial charge in [-0.1, -0.05) is 6.92 Å². The van der Waals surface area contributed by atoms with Gasteiger partial charge in [0.1, 0.15) is 6.04 Å². The summed E-state index contributed by atoms with van der Waals surface area (Å²) in [6, 6.07) is -0.952. The van der Waals surface area contributed by atoms with Gasteiger partial charge in [0, 0.05) is 0 Å². The van der Waals surface area contributed by atoms with E-state index in [9.17, 15) is 13.2 Å². The van der Waals surface area contributed by atoms with Crippen molar-refractivity contribution in [2.24, 2.45) is 5.84 Å². The normalized spacial score (nSPS) is 13.9. The molecule has 0 aromatic heterocycles. The Kier molecular flexibility index (Phi) is 4.10. The fraction of sp³-hybridized carbons (Fsp3) is 0.500. The highest BCUT2D eigenvalue weighted by Crippen LogP contribution is 1.88. The van der Waals surface area contributed by atoms with E-state index in [1.165, 1.54) is 18.1 Å². The first-order valence-electron chi connectivity index (χ1n) is 2.95. The molecular weight excluding hydrogens is 186 g/mol. The van der Waals surface area contributed by atoms with Gasteiger partial charge in [-0.25, -0.2) is 10.1 Å². The first-order valence-corrected chi connectivity index (χ1v) is 4.39. The monoisotopic (exact) mass is 196 g/mol. The van der Waals surface area contributed by atoms with Crippen LogP contribution in [0.1, 0.15) is 6.92 Å². The summed E-state index contributed by atoms with van der Waals surface area (Å²) in [7, 11) is -4.50. The van der Waals surface area contributed by atoms with E-state index >= 15 is 0 Å². The number of rotatable bonds is 4. The minimum absolute atomic E-state index is 0.942. The standard InChI is InChI=1S/C4H10N3O4S/c1-2-3(6-5)4(8)7-12(9,10)11/h2-3,6H,5H2,1H3,(H,7,8)(H,9,10,11). The Morgan fingerprint density at radius 3 is 2.42 bits per heavy atom. The molecule has 0 aromatic carbocycles. The van der Waals surface area contributed by atoms with E-state index in [2.05, 4.69) is 0 Å².